The van der Waals surface area contributed by atoms with Gasteiger partial charge in [0.15, 0.2) is 0 Å². The lowest BCUT2D eigenvalue weighted by molar-refractivity contribution is -0.136. The molecule has 0 aromatic heterocycles. The van der Waals surface area contributed by atoms with Crippen molar-refractivity contribution in [3.8, 4) is 0 Å². The zero-order chi connectivity index (χ0) is 9.56. The van der Waals surface area contributed by atoms with E-state index in [9.17, 15) is 4.79 Å². The van der Waals surface area contributed by atoms with Crippen molar-refractivity contribution in [3.63, 3.8) is 0 Å². The third kappa shape index (κ3) is 6.28. The predicted molar refractivity (Wildman–Crippen MR) is 53.6 cm³/mol. The fraction of sp³-hybridized carbons (Fsp3) is 0.667. The van der Waals surface area contributed by atoms with E-state index in [4.69, 9.17) is 5.11 Å². The molecule has 0 aromatic carbocycles. The average Bonchev–Trinajstić information content (AvgIpc) is 1.99. The molecule has 0 aliphatic heterocycles. The van der Waals surface area contributed by atoms with E-state index in [1.54, 1.807) is 11.8 Å². The van der Waals surface area contributed by atoms with Gasteiger partial charge >= 0.3 is 5.97 Å². The first-order chi connectivity index (χ1) is 5.56. The molecule has 0 saturated heterocycles. The summed E-state index contributed by atoms with van der Waals surface area (Å²) in [6.45, 7) is 7.85. The molecule has 0 aromatic rings. The third-order valence-electron chi connectivity index (χ3n) is 1.53. The van der Waals surface area contributed by atoms with Gasteiger partial charge in [-0.3, -0.25) is 4.79 Å². The Morgan fingerprint density at radius 1 is 1.67 bits per heavy atom. The Hall–Kier alpha value is -0.440. The average molecular weight is 188 g/mol. The van der Waals surface area contributed by atoms with Gasteiger partial charge in [-0.15, -0.1) is 0 Å². The Bertz CT molecular complexity index is 166. The Morgan fingerprint density at radius 2 is 2.25 bits per heavy atom. The van der Waals surface area contributed by atoms with Gasteiger partial charge in [-0.25, -0.2) is 0 Å². The van der Waals surface area contributed by atoms with Crippen LogP contribution < -0.4 is 0 Å². The quantitative estimate of drug-likeness (QED) is 0.651. The van der Waals surface area contributed by atoms with Crippen molar-refractivity contribution in [2.24, 2.45) is 0 Å². The van der Waals surface area contributed by atoms with Crippen molar-refractivity contribution in [2.75, 3.05) is 5.75 Å². The number of hydrogen-bond donors (Lipinski definition) is 1. The maximum absolute atomic E-state index is 10.3. The summed E-state index contributed by atoms with van der Waals surface area (Å²) >= 11 is 1.66. The highest BCUT2D eigenvalue weighted by atomic mass is 32.2. The molecule has 1 atom stereocenters. The smallest absolute Gasteiger partial charge is 0.304 e. The lowest BCUT2D eigenvalue weighted by atomic mass is 10.3. The molecule has 0 amide bonds. The summed E-state index contributed by atoms with van der Waals surface area (Å²) in [5, 5.41) is 8.66. The number of hydrogen-bond acceptors (Lipinski definition) is 2. The van der Waals surface area contributed by atoms with Crippen LogP contribution in [-0.4, -0.2) is 22.1 Å². The van der Waals surface area contributed by atoms with Crippen LogP contribution in [0.2, 0.25) is 0 Å². The van der Waals surface area contributed by atoms with E-state index < -0.39 is 5.97 Å². The number of carboxylic acids is 1. The van der Waals surface area contributed by atoms with Crippen LogP contribution in [0.3, 0.4) is 0 Å². The minimum absolute atomic E-state index is 0.186. The van der Waals surface area contributed by atoms with Crippen LogP contribution in [0.4, 0.5) is 0 Å². The third-order valence-corrected chi connectivity index (χ3v) is 2.84. The van der Waals surface area contributed by atoms with E-state index in [0.717, 1.165) is 12.2 Å². The highest BCUT2D eigenvalue weighted by Crippen LogP contribution is 2.17. The Kier molecular flexibility index (Phi) is 5.89. The SMILES string of the molecule is C=C(CC)CSC(C)CC(=O)O. The van der Waals surface area contributed by atoms with Crippen molar-refractivity contribution in [1.82, 2.24) is 0 Å². The maximum atomic E-state index is 10.3. The zero-order valence-electron chi connectivity index (χ0n) is 7.67. The van der Waals surface area contributed by atoms with Gasteiger partial charge in [0, 0.05) is 11.0 Å². The number of aliphatic carboxylic acids is 1. The molecule has 0 saturated carbocycles. The fourth-order valence-electron chi connectivity index (χ4n) is 0.667. The van der Waals surface area contributed by atoms with Crippen LogP contribution in [0.15, 0.2) is 12.2 Å². The van der Waals surface area contributed by atoms with Crippen molar-refractivity contribution in [3.05, 3.63) is 12.2 Å². The zero-order valence-corrected chi connectivity index (χ0v) is 8.49. The van der Waals surface area contributed by atoms with Crippen molar-refractivity contribution < 1.29 is 9.90 Å². The van der Waals surface area contributed by atoms with Crippen LogP contribution in [0, 0.1) is 0 Å². The molecule has 0 bridgehead atoms. The van der Waals surface area contributed by atoms with Crippen molar-refractivity contribution in [1.29, 1.82) is 0 Å². The summed E-state index contributed by atoms with van der Waals surface area (Å²) in [7, 11) is 0. The topological polar surface area (TPSA) is 37.3 Å². The monoisotopic (exact) mass is 188 g/mol. The molecule has 0 rings (SSSR count). The number of thioether (sulfide) groups is 1. The maximum Gasteiger partial charge on any atom is 0.304 e. The molecule has 0 aliphatic carbocycles. The molecule has 0 fully saturated rings. The normalized spacial score (nSPS) is 12.5. The van der Waals surface area contributed by atoms with E-state index in [2.05, 4.69) is 13.5 Å². The van der Waals surface area contributed by atoms with Gasteiger partial charge in [0.1, 0.15) is 0 Å². The lowest BCUT2D eigenvalue weighted by Crippen LogP contribution is -2.06. The second-order valence-corrected chi connectivity index (χ2v) is 4.25. The van der Waals surface area contributed by atoms with Gasteiger partial charge in [-0.2, -0.15) is 11.8 Å². The van der Waals surface area contributed by atoms with Crippen LogP contribution in [0.5, 0.6) is 0 Å². The van der Waals surface area contributed by atoms with E-state index >= 15 is 0 Å². The van der Waals surface area contributed by atoms with Gasteiger partial charge in [0.2, 0.25) is 0 Å². The van der Waals surface area contributed by atoms with E-state index in [0.29, 0.717) is 0 Å². The highest BCUT2D eigenvalue weighted by Gasteiger charge is 2.07. The summed E-state index contributed by atoms with van der Waals surface area (Å²) in [4.78, 5) is 10.3. The summed E-state index contributed by atoms with van der Waals surface area (Å²) in [6, 6.07) is 0. The van der Waals surface area contributed by atoms with Crippen LogP contribution in [-0.2, 0) is 4.79 Å². The Balaban J connectivity index is 3.50. The number of rotatable bonds is 6. The van der Waals surface area contributed by atoms with Crippen LogP contribution in [0.25, 0.3) is 0 Å². The molecule has 3 heteroatoms. The first kappa shape index (κ1) is 11.6. The second kappa shape index (κ2) is 6.12. The van der Waals surface area contributed by atoms with Gasteiger partial charge in [0.25, 0.3) is 0 Å². The molecular weight excluding hydrogens is 172 g/mol. The molecule has 1 N–H and O–H groups in total. The summed E-state index contributed by atoms with van der Waals surface area (Å²) in [5.74, 6) is 0.155. The van der Waals surface area contributed by atoms with Crippen LogP contribution in [0.1, 0.15) is 26.7 Å². The van der Waals surface area contributed by atoms with Gasteiger partial charge in [-0.05, 0) is 6.42 Å². The van der Waals surface area contributed by atoms with Crippen LogP contribution >= 0.6 is 11.8 Å². The molecule has 2 nitrogen and oxygen atoms in total. The molecular formula is C9H16O2S. The lowest BCUT2D eigenvalue weighted by Gasteiger charge is -2.08. The Morgan fingerprint density at radius 3 is 2.67 bits per heavy atom. The first-order valence-electron chi connectivity index (χ1n) is 4.06. The molecule has 1 unspecified atom stereocenters. The number of carbonyl (C=O) groups is 1. The van der Waals surface area contributed by atoms with Crippen molar-refractivity contribution >= 4 is 17.7 Å². The highest BCUT2D eigenvalue weighted by molar-refractivity contribution is 8.00. The van der Waals surface area contributed by atoms with E-state index in [1.165, 1.54) is 5.57 Å². The van der Waals surface area contributed by atoms with Gasteiger partial charge in [-0.1, -0.05) is 26.0 Å². The van der Waals surface area contributed by atoms with Gasteiger partial charge in [0.05, 0.1) is 6.42 Å². The molecule has 70 valence electrons. The number of carboxylic acid groups (broad SMARTS) is 1. The first-order valence-corrected chi connectivity index (χ1v) is 5.11. The molecule has 0 radical (unpaired) electrons. The molecule has 0 aliphatic rings. The predicted octanol–water partition coefficient (Wildman–Crippen LogP) is 2.55. The molecule has 12 heavy (non-hydrogen) atoms. The summed E-state index contributed by atoms with van der Waals surface area (Å²) in [6.07, 6.45) is 1.22. The molecule has 0 heterocycles. The van der Waals surface area contributed by atoms with Crippen molar-refractivity contribution in [2.45, 2.75) is 31.9 Å². The summed E-state index contributed by atoms with van der Waals surface area (Å²) in [5.41, 5.74) is 1.18. The second-order valence-electron chi connectivity index (χ2n) is 2.82. The van der Waals surface area contributed by atoms with E-state index in [-0.39, 0.29) is 11.7 Å². The largest absolute Gasteiger partial charge is 0.481 e. The fourth-order valence-corrected chi connectivity index (χ4v) is 1.65. The summed E-state index contributed by atoms with van der Waals surface area (Å²) < 4.78 is 0. The van der Waals surface area contributed by atoms with E-state index in [1.807, 2.05) is 6.92 Å². The standard InChI is InChI=1S/C9H16O2S/c1-4-7(2)6-12-8(3)5-9(10)11/h8H,2,4-6H2,1,3H3,(H,10,11). The Labute approximate surface area is 78.0 Å². The minimum Gasteiger partial charge on any atom is -0.481 e. The minimum atomic E-state index is -0.725. The van der Waals surface area contributed by atoms with Gasteiger partial charge < -0.3 is 5.11 Å². The molecule has 0 spiro atoms.